The number of hydrogen-bond donors (Lipinski definition) is 2. The van der Waals surface area contributed by atoms with Crippen LogP contribution in [0, 0.1) is 12.3 Å². The fourth-order valence-electron chi connectivity index (χ4n) is 1.11. The van der Waals surface area contributed by atoms with E-state index in [0.29, 0.717) is 11.1 Å². The van der Waals surface area contributed by atoms with Crippen molar-refractivity contribution in [3.05, 3.63) is 23.3 Å². The lowest BCUT2D eigenvalue weighted by Gasteiger charge is -2.06. The van der Waals surface area contributed by atoms with Crippen LogP contribution < -0.4 is 5.73 Å². The SMILES string of the molecule is Cc1cc(C=N)c(N)c(S(=O)(=O)Cl)c1.S. The lowest BCUT2D eigenvalue weighted by atomic mass is 10.1. The molecule has 0 aliphatic heterocycles. The van der Waals surface area contributed by atoms with Crippen LogP contribution in [0.2, 0.25) is 0 Å². The van der Waals surface area contributed by atoms with Crippen LogP contribution >= 0.6 is 24.2 Å². The minimum atomic E-state index is -3.84. The second-order valence-electron chi connectivity index (χ2n) is 2.85. The van der Waals surface area contributed by atoms with Gasteiger partial charge in [-0.15, -0.1) is 0 Å². The second-order valence-corrected chi connectivity index (χ2v) is 5.38. The van der Waals surface area contributed by atoms with Gasteiger partial charge in [-0.2, -0.15) is 13.5 Å². The third-order valence-corrected chi connectivity index (χ3v) is 3.10. The van der Waals surface area contributed by atoms with Gasteiger partial charge in [0.15, 0.2) is 0 Å². The van der Waals surface area contributed by atoms with E-state index in [2.05, 4.69) is 0 Å². The first-order valence-corrected chi connectivity index (χ1v) is 6.02. The molecule has 4 nitrogen and oxygen atoms in total. The number of nitrogens with two attached hydrogens (primary N) is 1. The third-order valence-electron chi connectivity index (χ3n) is 1.74. The molecule has 0 saturated carbocycles. The van der Waals surface area contributed by atoms with Gasteiger partial charge >= 0.3 is 0 Å². The van der Waals surface area contributed by atoms with Gasteiger partial charge in [0, 0.05) is 22.5 Å². The van der Waals surface area contributed by atoms with E-state index in [1.54, 1.807) is 13.0 Å². The Kier molecular flexibility index (Phi) is 4.64. The topological polar surface area (TPSA) is 84.0 Å². The van der Waals surface area contributed by atoms with Gasteiger partial charge in [-0.1, -0.05) is 0 Å². The molecule has 0 amide bonds. The molecule has 1 aromatic rings. The van der Waals surface area contributed by atoms with E-state index in [1.165, 1.54) is 6.07 Å². The number of rotatable bonds is 2. The van der Waals surface area contributed by atoms with Crippen molar-refractivity contribution in [3.8, 4) is 0 Å². The first-order chi connectivity index (χ1) is 6.36. The highest BCUT2D eigenvalue weighted by Crippen LogP contribution is 2.26. The monoisotopic (exact) mass is 266 g/mol. The molecule has 0 unspecified atom stereocenters. The minimum absolute atomic E-state index is 0. The zero-order valence-electron chi connectivity index (χ0n) is 7.91. The molecular weight excluding hydrogens is 256 g/mol. The summed E-state index contributed by atoms with van der Waals surface area (Å²) in [7, 11) is 1.34. The average molecular weight is 267 g/mol. The van der Waals surface area contributed by atoms with E-state index in [-0.39, 0.29) is 24.1 Å². The highest BCUT2D eigenvalue weighted by Gasteiger charge is 2.16. The molecule has 0 bridgehead atoms. The number of nitrogen functional groups attached to an aromatic ring is 1. The predicted molar refractivity (Wildman–Crippen MR) is 66.9 cm³/mol. The Morgan fingerprint density at radius 1 is 1.47 bits per heavy atom. The van der Waals surface area contributed by atoms with Crippen molar-refractivity contribution in [2.45, 2.75) is 11.8 Å². The Morgan fingerprint density at radius 3 is 2.40 bits per heavy atom. The van der Waals surface area contributed by atoms with E-state index < -0.39 is 9.05 Å². The predicted octanol–water partition coefficient (Wildman–Crippen LogP) is 1.62. The van der Waals surface area contributed by atoms with Crippen LogP contribution in [-0.2, 0) is 9.05 Å². The first-order valence-electron chi connectivity index (χ1n) is 3.71. The maximum absolute atomic E-state index is 11.1. The molecular formula is C8H11ClN2O2S2. The van der Waals surface area contributed by atoms with E-state index in [9.17, 15) is 8.42 Å². The Labute approximate surface area is 99.8 Å². The molecule has 7 heteroatoms. The molecule has 0 aliphatic rings. The summed E-state index contributed by atoms with van der Waals surface area (Å²) in [6.07, 6.45) is 0.994. The molecule has 15 heavy (non-hydrogen) atoms. The zero-order chi connectivity index (χ0) is 10.9. The van der Waals surface area contributed by atoms with Crippen LogP contribution in [-0.4, -0.2) is 14.6 Å². The lowest BCUT2D eigenvalue weighted by Crippen LogP contribution is -2.02. The van der Waals surface area contributed by atoms with Crippen molar-refractivity contribution in [2.75, 3.05) is 5.73 Å². The molecule has 1 rings (SSSR count). The van der Waals surface area contributed by atoms with Gasteiger partial charge < -0.3 is 11.1 Å². The molecule has 3 N–H and O–H groups in total. The highest BCUT2D eigenvalue weighted by atomic mass is 35.7. The minimum Gasteiger partial charge on any atom is -0.397 e. The van der Waals surface area contributed by atoms with Crippen molar-refractivity contribution >= 4 is 45.1 Å². The highest BCUT2D eigenvalue weighted by molar-refractivity contribution is 8.13. The van der Waals surface area contributed by atoms with Gasteiger partial charge in [0.2, 0.25) is 0 Å². The van der Waals surface area contributed by atoms with Gasteiger partial charge in [0.25, 0.3) is 9.05 Å². The van der Waals surface area contributed by atoms with E-state index in [1.807, 2.05) is 0 Å². The van der Waals surface area contributed by atoms with Crippen molar-refractivity contribution < 1.29 is 8.42 Å². The van der Waals surface area contributed by atoms with Crippen LogP contribution in [0.4, 0.5) is 5.69 Å². The van der Waals surface area contributed by atoms with E-state index in [0.717, 1.165) is 6.21 Å². The quantitative estimate of drug-likeness (QED) is 0.485. The van der Waals surface area contributed by atoms with Crippen molar-refractivity contribution in [1.29, 1.82) is 5.41 Å². The van der Waals surface area contributed by atoms with Crippen molar-refractivity contribution in [1.82, 2.24) is 0 Å². The molecule has 84 valence electrons. The summed E-state index contributed by atoms with van der Waals surface area (Å²) >= 11 is 0. The Balaban J connectivity index is 0.00000196. The lowest BCUT2D eigenvalue weighted by molar-refractivity contribution is 0.610. The zero-order valence-corrected chi connectivity index (χ0v) is 10.5. The normalized spacial score (nSPS) is 10.5. The number of benzene rings is 1. The van der Waals surface area contributed by atoms with Gasteiger partial charge in [-0.05, 0) is 24.6 Å². The summed E-state index contributed by atoms with van der Waals surface area (Å²) < 4.78 is 22.2. The fourth-order valence-corrected chi connectivity index (χ4v) is 2.20. The summed E-state index contributed by atoms with van der Waals surface area (Å²) in [4.78, 5) is -0.141. The molecule has 0 atom stereocenters. The number of halogens is 1. The van der Waals surface area contributed by atoms with E-state index >= 15 is 0 Å². The number of anilines is 1. The van der Waals surface area contributed by atoms with Crippen LogP contribution in [0.25, 0.3) is 0 Å². The number of hydrogen-bond acceptors (Lipinski definition) is 4. The van der Waals surface area contributed by atoms with Gasteiger partial charge in [-0.3, -0.25) is 0 Å². The maximum Gasteiger partial charge on any atom is 0.263 e. The Bertz CT molecular complexity index is 486. The van der Waals surface area contributed by atoms with Gasteiger partial charge in [0.05, 0.1) is 5.69 Å². The molecule has 0 aliphatic carbocycles. The molecule has 0 radical (unpaired) electrons. The molecule has 0 aromatic heterocycles. The van der Waals surface area contributed by atoms with Crippen LogP contribution in [0.3, 0.4) is 0 Å². The average Bonchev–Trinajstić information content (AvgIpc) is 2.06. The third kappa shape index (κ3) is 3.12. The smallest absolute Gasteiger partial charge is 0.263 e. The number of aryl methyl sites for hydroxylation is 1. The van der Waals surface area contributed by atoms with Crippen LogP contribution in [0.1, 0.15) is 11.1 Å². The molecule has 0 saturated heterocycles. The summed E-state index contributed by atoms with van der Waals surface area (Å²) in [5.74, 6) is 0. The summed E-state index contributed by atoms with van der Waals surface area (Å²) in [5.41, 5.74) is 6.59. The second kappa shape index (κ2) is 4.87. The Morgan fingerprint density at radius 2 is 2.00 bits per heavy atom. The maximum atomic E-state index is 11.1. The molecule has 0 heterocycles. The fraction of sp³-hybridized carbons (Fsp3) is 0.125. The molecule has 0 spiro atoms. The Hall–Kier alpha value is -0.720. The molecule has 0 fully saturated rings. The van der Waals surface area contributed by atoms with Crippen molar-refractivity contribution in [3.63, 3.8) is 0 Å². The largest absolute Gasteiger partial charge is 0.397 e. The summed E-state index contributed by atoms with van der Waals surface area (Å²) in [6.45, 7) is 1.71. The number of nitrogens with one attached hydrogen (secondary N) is 1. The summed E-state index contributed by atoms with van der Waals surface area (Å²) in [6, 6.07) is 3.00. The van der Waals surface area contributed by atoms with E-state index in [4.69, 9.17) is 21.8 Å². The van der Waals surface area contributed by atoms with Gasteiger partial charge in [0.1, 0.15) is 4.90 Å². The molecule has 1 aromatic carbocycles. The standard InChI is InChI=1S/C8H9ClN2O2S.H2S/c1-5-2-6(4-10)8(11)7(3-5)14(9,12)13;/h2-4,10H,11H2,1H3;1H2. The van der Waals surface area contributed by atoms with Crippen LogP contribution in [0.15, 0.2) is 17.0 Å². The first kappa shape index (κ1) is 14.3. The summed E-state index contributed by atoms with van der Waals surface area (Å²) in [5, 5.41) is 7.04. The van der Waals surface area contributed by atoms with Crippen LogP contribution in [0.5, 0.6) is 0 Å². The van der Waals surface area contributed by atoms with Crippen molar-refractivity contribution in [2.24, 2.45) is 0 Å². The van der Waals surface area contributed by atoms with Gasteiger partial charge in [-0.25, -0.2) is 8.42 Å².